The molecule has 0 aliphatic heterocycles. The number of nitrogens with one attached hydrogen (secondary N) is 1. The smallest absolute Gasteiger partial charge is 0.407 e. The molecule has 5 nitrogen and oxygen atoms in total. The topological polar surface area (TPSA) is 78.8 Å². The summed E-state index contributed by atoms with van der Waals surface area (Å²) in [7, 11) is 0. The molecule has 3 N–H and O–H groups in total. The monoisotopic (exact) mass is 177 g/mol. The van der Waals surface area contributed by atoms with Crippen molar-refractivity contribution in [1.29, 1.82) is 0 Å². The van der Waals surface area contributed by atoms with Crippen LogP contribution in [0.5, 0.6) is 0 Å². The highest BCUT2D eigenvalue weighted by Gasteiger charge is 2.06. The Kier molecular flexibility index (Phi) is 6.41. The Morgan fingerprint density at radius 3 is 2.67 bits per heavy atom. The molecule has 72 valence electrons. The molecule has 0 aliphatic rings. The van der Waals surface area contributed by atoms with Gasteiger partial charge in [-0.2, -0.15) is 0 Å². The van der Waals surface area contributed by atoms with Crippen LogP contribution in [0.1, 0.15) is 13.3 Å². The minimum absolute atomic E-state index is 0.00230. The van der Waals surface area contributed by atoms with Crippen LogP contribution in [0.15, 0.2) is 0 Å². The molecule has 0 aromatic carbocycles. The summed E-state index contributed by atoms with van der Waals surface area (Å²) in [6, 6.07) is -0.110. The number of carbonyl (C=O) groups is 1. The molecule has 12 heavy (non-hydrogen) atoms. The second kappa shape index (κ2) is 6.87. The first kappa shape index (κ1) is 11.2. The summed E-state index contributed by atoms with van der Waals surface area (Å²) in [5.74, 6) is 0. The van der Waals surface area contributed by atoms with E-state index >= 15 is 0 Å². The minimum atomic E-state index is -0.565. The van der Waals surface area contributed by atoms with Gasteiger partial charge in [0.2, 0.25) is 0 Å². The standard InChI is InChI=1S/C7H15NO4/c1-6(2-3-9)8-7(11)12-5-4-10/h6,9-10H,2-5H2,1H3,(H,8,11). The molecular weight excluding hydrogens is 162 g/mol. The van der Waals surface area contributed by atoms with Crippen molar-refractivity contribution in [3.63, 3.8) is 0 Å². The molecular formula is C7H15NO4. The van der Waals surface area contributed by atoms with Crippen molar-refractivity contribution in [2.24, 2.45) is 0 Å². The van der Waals surface area contributed by atoms with E-state index in [4.69, 9.17) is 10.2 Å². The summed E-state index contributed by atoms with van der Waals surface area (Å²) in [5, 5.41) is 19.3. The third-order valence-corrected chi connectivity index (χ3v) is 1.25. The zero-order valence-electron chi connectivity index (χ0n) is 7.12. The van der Waals surface area contributed by atoms with E-state index in [0.29, 0.717) is 6.42 Å². The van der Waals surface area contributed by atoms with Crippen LogP contribution in [0.3, 0.4) is 0 Å². The Bertz CT molecular complexity index is 129. The van der Waals surface area contributed by atoms with Crippen LogP contribution >= 0.6 is 0 Å². The molecule has 0 bridgehead atoms. The van der Waals surface area contributed by atoms with Gasteiger partial charge in [0, 0.05) is 12.6 Å². The fraction of sp³-hybridized carbons (Fsp3) is 0.857. The number of rotatable bonds is 5. The van der Waals surface area contributed by atoms with E-state index < -0.39 is 6.09 Å². The van der Waals surface area contributed by atoms with Gasteiger partial charge < -0.3 is 20.3 Å². The number of aliphatic hydroxyl groups excluding tert-OH is 2. The summed E-state index contributed by atoms with van der Waals surface area (Å²) in [5.41, 5.74) is 0. The van der Waals surface area contributed by atoms with Crippen molar-refractivity contribution in [3.05, 3.63) is 0 Å². The van der Waals surface area contributed by atoms with Gasteiger partial charge in [-0.25, -0.2) is 4.79 Å². The number of hydrogen-bond acceptors (Lipinski definition) is 4. The van der Waals surface area contributed by atoms with Crippen molar-refractivity contribution in [1.82, 2.24) is 5.32 Å². The lowest BCUT2D eigenvalue weighted by molar-refractivity contribution is 0.115. The molecule has 0 aromatic rings. The number of alkyl carbamates (subject to hydrolysis) is 1. The molecule has 0 saturated carbocycles. The van der Waals surface area contributed by atoms with E-state index in [0.717, 1.165) is 0 Å². The highest BCUT2D eigenvalue weighted by Crippen LogP contribution is 1.89. The van der Waals surface area contributed by atoms with Crippen LogP contribution < -0.4 is 5.32 Å². The van der Waals surface area contributed by atoms with E-state index in [2.05, 4.69) is 10.1 Å². The number of carbonyl (C=O) groups excluding carboxylic acids is 1. The molecule has 0 heterocycles. The van der Waals surface area contributed by atoms with E-state index in [1.54, 1.807) is 6.92 Å². The lowest BCUT2D eigenvalue weighted by Gasteiger charge is -2.11. The summed E-state index contributed by atoms with van der Waals surface area (Å²) >= 11 is 0. The van der Waals surface area contributed by atoms with Crippen molar-refractivity contribution >= 4 is 6.09 Å². The third-order valence-electron chi connectivity index (χ3n) is 1.25. The molecule has 0 fully saturated rings. The van der Waals surface area contributed by atoms with Crippen LogP contribution in [0.2, 0.25) is 0 Å². The quantitative estimate of drug-likeness (QED) is 0.527. The summed E-state index contributed by atoms with van der Waals surface area (Å²) in [4.78, 5) is 10.8. The molecule has 1 atom stereocenters. The second-order valence-electron chi connectivity index (χ2n) is 2.42. The second-order valence-corrected chi connectivity index (χ2v) is 2.42. The Balaban J connectivity index is 3.40. The molecule has 5 heteroatoms. The normalized spacial score (nSPS) is 12.2. The molecule has 0 aliphatic carbocycles. The summed E-state index contributed by atoms with van der Waals surface area (Å²) in [6.07, 6.45) is -0.0705. The van der Waals surface area contributed by atoms with Crippen molar-refractivity contribution in [2.45, 2.75) is 19.4 Å². The Morgan fingerprint density at radius 2 is 2.17 bits per heavy atom. The zero-order valence-corrected chi connectivity index (χ0v) is 7.12. The highest BCUT2D eigenvalue weighted by atomic mass is 16.6. The van der Waals surface area contributed by atoms with Crippen LogP contribution in [0.25, 0.3) is 0 Å². The predicted octanol–water partition coefficient (Wildman–Crippen LogP) is -0.524. The van der Waals surface area contributed by atoms with Crippen LogP contribution in [-0.2, 0) is 4.74 Å². The summed E-state index contributed by atoms with van der Waals surface area (Å²) in [6.45, 7) is 1.61. The Labute approximate surface area is 71.3 Å². The van der Waals surface area contributed by atoms with E-state index in [-0.39, 0.29) is 25.9 Å². The number of aliphatic hydroxyl groups is 2. The fourth-order valence-electron chi connectivity index (χ4n) is 0.647. The van der Waals surface area contributed by atoms with Gasteiger partial charge in [0.05, 0.1) is 6.61 Å². The first-order chi connectivity index (χ1) is 5.70. The highest BCUT2D eigenvalue weighted by molar-refractivity contribution is 5.67. The average Bonchev–Trinajstić information content (AvgIpc) is 2.01. The fourth-order valence-corrected chi connectivity index (χ4v) is 0.647. The first-order valence-electron chi connectivity index (χ1n) is 3.85. The average molecular weight is 177 g/mol. The van der Waals surface area contributed by atoms with Crippen molar-refractivity contribution in [2.75, 3.05) is 19.8 Å². The van der Waals surface area contributed by atoms with E-state index in [1.165, 1.54) is 0 Å². The van der Waals surface area contributed by atoms with Gasteiger partial charge in [0.25, 0.3) is 0 Å². The SMILES string of the molecule is CC(CCO)NC(=O)OCCO. The lowest BCUT2D eigenvalue weighted by atomic mass is 10.2. The maximum absolute atomic E-state index is 10.8. The van der Waals surface area contributed by atoms with Crippen LogP contribution in [0.4, 0.5) is 4.79 Å². The van der Waals surface area contributed by atoms with Crippen LogP contribution in [0, 0.1) is 0 Å². The summed E-state index contributed by atoms with van der Waals surface area (Å²) < 4.78 is 4.53. The minimum Gasteiger partial charge on any atom is -0.447 e. The lowest BCUT2D eigenvalue weighted by Crippen LogP contribution is -2.34. The Morgan fingerprint density at radius 1 is 1.50 bits per heavy atom. The molecule has 0 rings (SSSR count). The molecule has 0 spiro atoms. The van der Waals surface area contributed by atoms with Gasteiger partial charge in [0.15, 0.2) is 0 Å². The maximum atomic E-state index is 10.8. The van der Waals surface area contributed by atoms with Crippen LogP contribution in [-0.4, -0.2) is 42.2 Å². The zero-order chi connectivity index (χ0) is 9.40. The third kappa shape index (κ3) is 5.94. The molecule has 0 radical (unpaired) electrons. The van der Waals surface area contributed by atoms with Gasteiger partial charge >= 0.3 is 6.09 Å². The van der Waals surface area contributed by atoms with Gasteiger partial charge in [-0.3, -0.25) is 0 Å². The molecule has 0 saturated heterocycles. The number of hydrogen-bond donors (Lipinski definition) is 3. The number of amides is 1. The largest absolute Gasteiger partial charge is 0.447 e. The molecule has 1 amide bonds. The van der Waals surface area contributed by atoms with Crippen molar-refractivity contribution < 1.29 is 19.7 Å². The molecule has 1 unspecified atom stereocenters. The number of ether oxygens (including phenoxy) is 1. The van der Waals surface area contributed by atoms with Gasteiger partial charge in [-0.1, -0.05) is 0 Å². The van der Waals surface area contributed by atoms with E-state index in [9.17, 15) is 4.79 Å². The van der Waals surface area contributed by atoms with Crippen molar-refractivity contribution in [3.8, 4) is 0 Å². The van der Waals surface area contributed by atoms with E-state index in [1.807, 2.05) is 0 Å². The van der Waals surface area contributed by atoms with Gasteiger partial charge in [-0.15, -0.1) is 0 Å². The molecule has 0 aromatic heterocycles. The predicted molar refractivity (Wildman–Crippen MR) is 42.7 cm³/mol. The first-order valence-corrected chi connectivity index (χ1v) is 3.85. The Hall–Kier alpha value is -0.810. The van der Waals surface area contributed by atoms with Gasteiger partial charge in [-0.05, 0) is 13.3 Å². The maximum Gasteiger partial charge on any atom is 0.407 e. The van der Waals surface area contributed by atoms with Gasteiger partial charge in [0.1, 0.15) is 6.61 Å².